The lowest BCUT2D eigenvalue weighted by molar-refractivity contribution is -0.139. The monoisotopic (exact) mass is 655 g/mol. The molecule has 218 valence electrons. The van der Waals surface area contributed by atoms with Gasteiger partial charge in [0.25, 0.3) is 10.0 Å². The van der Waals surface area contributed by atoms with Crippen molar-refractivity contribution in [1.82, 2.24) is 10.2 Å². The number of benzene rings is 3. The zero-order valence-corrected chi connectivity index (χ0v) is 26.0. The molecule has 0 heterocycles. The maximum Gasteiger partial charge on any atom is 0.264 e. The van der Waals surface area contributed by atoms with E-state index in [4.69, 9.17) is 46.4 Å². The van der Waals surface area contributed by atoms with E-state index in [2.05, 4.69) is 5.32 Å². The van der Waals surface area contributed by atoms with Crippen LogP contribution in [0.3, 0.4) is 0 Å². The molecule has 0 aromatic heterocycles. The number of rotatable bonds is 10. The Morgan fingerprint density at radius 1 is 0.902 bits per heavy atom. The second-order valence-electron chi connectivity index (χ2n) is 9.88. The molecule has 0 saturated heterocycles. The highest BCUT2D eigenvalue weighted by Gasteiger charge is 2.34. The molecule has 1 saturated carbocycles. The van der Waals surface area contributed by atoms with Crippen molar-refractivity contribution in [2.75, 3.05) is 10.8 Å². The highest BCUT2D eigenvalue weighted by molar-refractivity contribution is 7.92. The molecule has 41 heavy (non-hydrogen) atoms. The minimum Gasteiger partial charge on any atom is -0.352 e. The molecule has 1 atom stereocenters. The fourth-order valence-electron chi connectivity index (χ4n) is 4.74. The summed E-state index contributed by atoms with van der Waals surface area (Å²) in [7, 11) is -4.24. The molecule has 1 N–H and O–H groups in total. The van der Waals surface area contributed by atoms with Gasteiger partial charge in [-0.2, -0.15) is 0 Å². The first-order chi connectivity index (χ1) is 19.5. The first-order valence-corrected chi connectivity index (χ1v) is 16.0. The highest BCUT2D eigenvalue weighted by atomic mass is 35.5. The smallest absolute Gasteiger partial charge is 0.264 e. The van der Waals surface area contributed by atoms with E-state index in [1.54, 1.807) is 43.3 Å². The van der Waals surface area contributed by atoms with Crippen molar-refractivity contribution in [3.8, 4) is 0 Å². The number of hydrogen-bond acceptors (Lipinski definition) is 4. The summed E-state index contributed by atoms with van der Waals surface area (Å²) in [6.07, 6.45) is 3.79. The van der Waals surface area contributed by atoms with Crippen LogP contribution in [0.2, 0.25) is 20.1 Å². The van der Waals surface area contributed by atoms with Crippen molar-refractivity contribution >= 4 is 73.9 Å². The predicted octanol–water partition coefficient (Wildman–Crippen LogP) is 6.97. The van der Waals surface area contributed by atoms with Gasteiger partial charge in [-0.25, -0.2) is 8.42 Å². The largest absolute Gasteiger partial charge is 0.352 e. The molecule has 7 nitrogen and oxygen atoms in total. The van der Waals surface area contributed by atoms with E-state index in [0.29, 0.717) is 15.6 Å². The Morgan fingerprint density at radius 2 is 1.54 bits per heavy atom. The lowest BCUT2D eigenvalue weighted by Gasteiger charge is -2.32. The van der Waals surface area contributed by atoms with Crippen LogP contribution in [0.5, 0.6) is 0 Å². The lowest BCUT2D eigenvalue weighted by Crippen LogP contribution is -2.52. The average Bonchev–Trinajstić information content (AvgIpc) is 3.43. The molecule has 0 spiro atoms. The number of halogens is 4. The lowest BCUT2D eigenvalue weighted by atomic mass is 10.1. The Bertz CT molecular complexity index is 1500. The van der Waals surface area contributed by atoms with Gasteiger partial charge in [0.1, 0.15) is 12.6 Å². The number of sulfonamides is 1. The summed E-state index contributed by atoms with van der Waals surface area (Å²) < 4.78 is 28.6. The quantitative estimate of drug-likeness (QED) is 0.255. The molecule has 3 aromatic carbocycles. The van der Waals surface area contributed by atoms with Crippen LogP contribution in [0, 0.1) is 0 Å². The first-order valence-electron chi connectivity index (χ1n) is 13.0. The Labute approximate surface area is 260 Å². The van der Waals surface area contributed by atoms with Crippen molar-refractivity contribution in [1.29, 1.82) is 0 Å². The molecule has 0 unspecified atom stereocenters. The minimum absolute atomic E-state index is 0.0248. The van der Waals surface area contributed by atoms with Crippen molar-refractivity contribution in [3.05, 3.63) is 92.4 Å². The summed E-state index contributed by atoms with van der Waals surface area (Å²) in [5.41, 5.74) is 0.653. The van der Waals surface area contributed by atoms with Gasteiger partial charge in [-0.05, 0) is 67.8 Å². The van der Waals surface area contributed by atoms with Crippen LogP contribution >= 0.6 is 46.4 Å². The summed E-state index contributed by atoms with van der Waals surface area (Å²) in [5.74, 6) is -0.959. The van der Waals surface area contributed by atoms with Crippen LogP contribution in [0.4, 0.5) is 5.69 Å². The number of nitrogens with zero attached hydrogens (tertiary/aromatic N) is 2. The van der Waals surface area contributed by atoms with Gasteiger partial charge >= 0.3 is 0 Å². The third-order valence-electron chi connectivity index (χ3n) is 6.97. The molecule has 1 aliphatic rings. The number of amides is 2. The van der Waals surface area contributed by atoms with Gasteiger partial charge in [-0.1, -0.05) is 83.5 Å². The van der Waals surface area contributed by atoms with Crippen molar-refractivity contribution in [2.24, 2.45) is 0 Å². The van der Waals surface area contributed by atoms with Crippen LogP contribution < -0.4 is 9.62 Å². The van der Waals surface area contributed by atoms with Crippen LogP contribution in [0.15, 0.2) is 71.6 Å². The second kappa shape index (κ2) is 13.7. The Kier molecular flexibility index (Phi) is 10.5. The summed E-state index contributed by atoms with van der Waals surface area (Å²) in [5, 5.41) is 4.15. The number of nitrogens with one attached hydrogen (secondary N) is 1. The molecule has 2 amide bonds. The summed E-state index contributed by atoms with van der Waals surface area (Å²) in [6.45, 7) is 0.933. The number of hydrogen-bond donors (Lipinski definition) is 1. The highest BCUT2D eigenvalue weighted by Crippen LogP contribution is 2.31. The van der Waals surface area contributed by atoms with E-state index in [1.165, 1.54) is 35.2 Å². The molecule has 1 fully saturated rings. The molecular formula is C29H29Cl4N3O4S. The molecule has 1 aliphatic carbocycles. The molecule has 3 aromatic rings. The first kappa shape index (κ1) is 31.4. The normalized spacial score (nSPS) is 14.5. The van der Waals surface area contributed by atoms with E-state index in [0.717, 1.165) is 30.0 Å². The van der Waals surface area contributed by atoms with Gasteiger partial charge in [0.15, 0.2) is 0 Å². The average molecular weight is 657 g/mol. The summed E-state index contributed by atoms with van der Waals surface area (Å²) in [4.78, 5) is 28.7. The third kappa shape index (κ3) is 7.87. The molecule has 12 heteroatoms. The van der Waals surface area contributed by atoms with Gasteiger partial charge < -0.3 is 10.2 Å². The number of carbonyl (C=O) groups is 2. The molecular weight excluding hydrogens is 628 g/mol. The fourth-order valence-corrected chi connectivity index (χ4v) is 7.14. The summed E-state index contributed by atoms with van der Waals surface area (Å²) >= 11 is 24.9. The Morgan fingerprint density at radius 3 is 2.15 bits per heavy atom. The number of anilines is 1. The third-order valence-corrected chi connectivity index (χ3v) is 9.78. The van der Waals surface area contributed by atoms with Crippen LogP contribution in [-0.4, -0.2) is 43.8 Å². The maximum absolute atomic E-state index is 14.0. The molecule has 0 radical (unpaired) electrons. The van der Waals surface area contributed by atoms with Crippen molar-refractivity contribution < 1.29 is 18.0 Å². The maximum atomic E-state index is 14.0. The zero-order valence-electron chi connectivity index (χ0n) is 22.2. The summed E-state index contributed by atoms with van der Waals surface area (Å²) in [6, 6.07) is 16.0. The fraction of sp³-hybridized carbons (Fsp3) is 0.310. The van der Waals surface area contributed by atoms with Crippen LogP contribution in [0.25, 0.3) is 0 Å². The zero-order chi connectivity index (χ0) is 29.7. The number of carbonyl (C=O) groups excluding carboxylic acids is 2. The molecule has 4 rings (SSSR count). The van der Waals surface area contributed by atoms with Crippen molar-refractivity contribution in [2.45, 2.75) is 56.1 Å². The van der Waals surface area contributed by atoms with Gasteiger partial charge in [0.2, 0.25) is 11.8 Å². The van der Waals surface area contributed by atoms with Crippen LogP contribution in [-0.2, 0) is 26.2 Å². The van der Waals surface area contributed by atoms with Crippen molar-refractivity contribution in [3.63, 3.8) is 0 Å². The van der Waals surface area contributed by atoms with E-state index in [-0.39, 0.29) is 39.1 Å². The van der Waals surface area contributed by atoms with E-state index in [1.807, 2.05) is 0 Å². The van der Waals surface area contributed by atoms with E-state index < -0.39 is 28.5 Å². The van der Waals surface area contributed by atoms with Gasteiger partial charge in [0, 0.05) is 32.7 Å². The standard InChI is InChI=1S/C29H29Cl4N3O4S/c1-19(29(38)34-24-7-5-6-8-24)35(17-20-11-12-21(30)16-27(20)33)28(37)18-36(25-14-22(31)13-23(32)15-25)41(39,40)26-9-3-2-4-10-26/h2-4,9-16,19,24H,5-8,17-18H2,1H3,(H,34,38)/t19-/m0/s1. The van der Waals surface area contributed by atoms with Gasteiger partial charge in [-0.15, -0.1) is 0 Å². The SMILES string of the molecule is C[C@@H](C(=O)NC1CCCC1)N(Cc1ccc(Cl)cc1Cl)C(=O)CN(c1cc(Cl)cc(Cl)c1)S(=O)(=O)c1ccccc1. The topological polar surface area (TPSA) is 86.8 Å². The van der Waals surface area contributed by atoms with E-state index in [9.17, 15) is 18.0 Å². The predicted molar refractivity (Wildman–Crippen MR) is 164 cm³/mol. The van der Waals surface area contributed by atoms with Gasteiger partial charge in [-0.3, -0.25) is 13.9 Å². The van der Waals surface area contributed by atoms with Crippen LogP contribution in [0.1, 0.15) is 38.2 Å². The van der Waals surface area contributed by atoms with E-state index >= 15 is 0 Å². The molecule has 0 bridgehead atoms. The molecule has 0 aliphatic heterocycles. The Hall–Kier alpha value is -2.49. The Balaban J connectivity index is 1.72. The van der Waals surface area contributed by atoms with Gasteiger partial charge in [0.05, 0.1) is 10.6 Å². The second-order valence-corrected chi connectivity index (χ2v) is 13.5. The minimum atomic E-state index is -4.24.